The molecule has 1 atom stereocenters. The molecule has 0 bridgehead atoms. The van der Waals surface area contributed by atoms with Crippen LogP contribution in [-0.2, 0) is 9.59 Å². The van der Waals surface area contributed by atoms with E-state index in [1.807, 2.05) is 13.8 Å². The van der Waals surface area contributed by atoms with Gasteiger partial charge in [-0.05, 0) is 37.6 Å². The molecule has 0 saturated carbocycles. The molecule has 1 aromatic carbocycles. The Bertz CT molecular complexity index is 515. The summed E-state index contributed by atoms with van der Waals surface area (Å²) in [6, 6.07) is 5.08. The maximum Gasteiger partial charge on any atom is 0.316 e. The van der Waals surface area contributed by atoms with Gasteiger partial charge in [-0.2, -0.15) is 0 Å². The third-order valence-corrected chi connectivity index (χ3v) is 3.51. The number of rotatable bonds is 3. The van der Waals surface area contributed by atoms with E-state index >= 15 is 0 Å². The van der Waals surface area contributed by atoms with Gasteiger partial charge in [0.05, 0.1) is 5.92 Å². The van der Waals surface area contributed by atoms with Crippen molar-refractivity contribution in [3.63, 3.8) is 0 Å². The fourth-order valence-electron chi connectivity index (χ4n) is 2.15. The molecule has 1 heterocycles. The van der Waals surface area contributed by atoms with Crippen molar-refractivity contribution in [1.82, 2.24) is 4.90 Å². The number of nitrogens with zero attached hydrogens (tertiary/aromatic N) is 1. The van der Waals surface area contributed by atoms with Crippen LogP contribution in [-0.4, -0.2) is 29.9 Å². The van der Waals surface area contributed by atoms with Crippen LogP contribution >= 0.6 is 11.6 Å². The Morgan fingerprint density at radius 1 is 1.53 bits per heavy atom. The van der Waals surface area contributed by atoms with E-state index in [-0.39, 0.29) is 24.2 Å². The van der Waals surface area contributed by atoms with E-state index in [4.69, 9.17) is 16.3 Å². The van der Waals surface area contributed by atoms with Crippen molar-refractivity contribution in [2.45, 2.75) is 20.3 Å². The quantitative estimate of drug-likeness (QED) is 0.631. The predicted molar refractivity (Wildman–Crippen MR) is 72.2 cm³/mol. The van der Waals surface area contributed by atoms with E-state index in [0.29, 0.717) is 23.9 Å². The van der Waals surface area contributed by atoms with E-state index in [1.165, 1.54) is 0 Å². The number of hydrogen-bond donors (Lipinski definition) is 0. The van der Waals surface area contributed by atoms with Crippen LogP contribution in [0.1, 0.15) is 18.9 Å². The minimum absolute atomic E-state index is 0.0114. The summed E-state index contributed by atoms with van der Waals surface area (Å²) in [5.41, 5.74) is 0.803. The number of halogens is 1. The molecule has 4 nitrogen and oxygen atoms in total. The second kappa shape index (κ2) is 5.61. The Kier molecular flexibility index (Phi) is 4.10. The van der Waals surface area contributed by atoms with Gasteiger partial charge in [0.1, 0.15) is 5.75 Å². The molecular weight excluding hydrogens is 266 g/mol. The average molecular weight is 282 g/mol. The summed E-state index contributed by atoms with van der Waals surface area (Å²) in [6.07, 6.45) is 0.235. The minimum atomic E-state index is -0.373. The Hall–Kier alpha value is -1.55. The molecule has 5 heteroatoms. The zero-order chi connectivity index (χ0) is 14.0. The van der Waals surface area contributed by atoms with E-state index < -0.39 is 0 Å². The number of carbonyl (C=O) groups excluding carboxylic acids is 2. The zero-order valence-electron chi connectivity index (χ0n) is 11.0. The first-order chi connectivity index (χ1) is 9.01. The molecule has 1 amide bonds. The fraction of sp³-hybridized carbons (Fsp3) is 0.429. The largest absolute Gasteiger partial charge is 0.426 e. The second-order valence-electron chi connectivity index (χ2n) is 4.66. The van der Waals surface area contributed by atoms with E-state index in [2.05, 4.69) is 0 Å². The molecule has 0 aliphatic carbocycles. The summed E-state index contributed by atoms with van der Waals surface area (Å²) in [5.74, 6) is -0.216. The minimum Gasteiger partial charge on any atom is -0.426 e. The summed E-state index contributed by atoms with van der Waals surface area (Å²) in [6.45, 7) is 4.80. The van der Waals surface area contributed by atoms with Gasteiger partial charge in [-0.1, -0.05) is 11.6 Å². The van der Waals surface area contributed by atoms with Crippen LogP contribution < -0.4 is 4.74 Å². The number of likely N-dealkylation sites (tertiary alicyclic amines) is 1. The van der Waals surface area contributed by atoms with Gasteiger partial charge in [-0.25, -0.2) is 0 Å². The highest BCUT2D eigenvalue weighted by atomic mass is 35.5. The van der Waals surface area contributed by atoms with Crippen molar-refractivity contribution in [3.8, 4) is 5.75 Å². The molecule has 0 aromatic heterocycles. The van der Waals surface area contributed by atoms with Crippen LogP contribution in [0.4, 0.5) is 0 Å². The Balaban J connectivity index is 2.04. The van der Waals surface area contributed by atoms with Crippen molar-refractivity contribution in [1.29, 1.82) is 0 Å². The highest BCUT2D eigenvalue weighted by molar-refractivity contribution is 6.30. The van der Waals surface area contributed by atoms with Gasteiger partial charge in [-0.3, -0.25) is 9.59 Å². The number of ether oxygens (including phenoxy) is 1. The third-order valence-electron chi connectivity index (χ3n) is 3.28. The van der Waals surface area contributed by atoms with Crippen molar-refractivity contribution in [3.05, 3.63) is 28.8 Å². The van der Waals surface area contributed by atoms with Crippen LogP contribution in [0.3, 0.4) is 0 Å². The lowest BCUT2D eigenvalue weighted by Gasteiger charge is -2.13. The lowest BCUT2D eigenvalue weighted by molar-refractivity contribution is -0.139. The normalized spacial score (nSPS) is 18.8. The van der Waals surface area contributed by atoms with Gasteiger partial charge in [0.15, 0.2) is 0 Å². The Morgan fingerprint density at radius 3 is 2.84 bits per heavy atom. The van der Waals surface area contributed by atoms with Crippen LogP contribution in [0.15, 0.2) is 18.2 Å². The average Bonchev–Trinajstić information content (AvgIpc) is 2.74. The number of amides is 1. The Morgan fingerprint density at radius 2 is 2.26 bits per heavy atom. The molecule has 0 N–H and O–H groups in total. The van der Waals surface area contributed by atoms with E-state index in [9.17, 15) is 9.59 Å². The van der Waals surface area contributed by atoms with Gasteiger partial charge in [0.2, 0.25) is 5.91 Å². The van der Waals surface area contributed by atoms with Gasteiger partial charge in [0.25, 0.3) is 0 Å². The molecule has 1 aliphatic heterocycles. The molecule has 1 aromatic rings. The first-order valence-corrected chi connectivity index (χ1v) is 6.64. The predicted octanol–water partition coefficient (Wildman–Crippen LogP) is 2.42. The van der Waals surface area contributed by atoms with Gasteiger partial charge >= 0.3 is 5.97 Å². The van der Waals surface area contributed by atoms with Crippen molar-refractivity contribution in [2.24, 2.45) is 5.92 Å². The number of carbonyl (C=O) groups is 2. The Labute approximate surface area is 117 Å². The molecular formula is C14H16ClNO3. The molecule has 102 valence electrons. The molecule has 0 radical (unpaired) electrons. The SMILES string of the molecule is CCN1C[C@H](C(=O)Oc2ccc(Cl)cc2C)CC1=O. The molecule has 2 rings (SSSR count). The smallest absolute Gasteiger partial charge is 0.316 e. The molecule has 0 spiro atoms. The standard InChI is InChI=1S/C14H16ClNO3/c1-3-16-8-10(7-13(16)17)14(18)19-12-5-4-11(15)6-9(12)2/h4-6,10H,3,7-8H2,1-2H3/t10-/m1/s1. The van der Waals surface area contributed by atoms with Gasteiger partial charge < -0.3 is 9.64 Å². The maximum atomic E-state index is 12.0. The van der Waals surface area contributed by atoms with Crippen molar-refractivity contribution < 1.29 is 14.3 Å². The first-order valence-electron chi connectivity index (χ1n) is 6.27. The lowest BCUT2D eigenvalue weighted by atomic mass is 10.1. The summed E-state index contributed by atoms with van der Waals surface area (Å²) in [7, 11) is 0. The summed E-state index contributed by atoms with van der Waals surface area (Å²) in [4.78, 5) is 25.3. The number of hydrogen-bond acceptors (Lipinski definition) is 3. The van der Waals surface area contributed by atoms with Gasteiger partial charge in [-0.15, -0.1) is 0 Å². The van der Waals surface area contributed by atoms with E-state index in [1.54, 1.807) is 23.1 Å². The fourth-order valence-corrected chi connectivity index (χ4v) is 2.38. The number of benzene rings is 1. The maximum absolute atomic E-state index is 12.0. The molecule has 1 saturated heterocycles. The lowest BCUT2D eigenvalue weighted by Crippen LogP contribution is -2.27. The highest BCUT2D eigenvalue weighted by Crippen LogP contribution is 2.25. The van der Waals surface area contributed by atoms with Crippen molar-refractivity contribution >= 4 is 23.5 Å². The van der Waals surface area contributed by atoms with Crippen LogP contribution in [0, 0.1) is 12.8 Å². The third kappa shape index (κ3) is 3.07. The monoisotopic (exact) mass is 281 g/mol. The molecule has 1 aliphatic rings. The topological polar surface area (TPSA) is 46.6 Å². The molecule has 0 unspecified atom stereocenters. The highest BCUT2D eigenvalue weighted by Gasteiger charge is 2.34. The summed E-state index contributed by atoms with van der Waals surface area (Å²) < 4.78 is 5.35. The second-order valence-corrected chi connectivity index (χ2v) is 5.10. The summed E-state index contributed by atoms with van der Waals surface area (Å²) >= 11 is 5.85. The van der Waals surface area contributed by atoms with E-state index in [0.717, 1.165) is 5.56 Å². The van der Waals surface area contributed by atoms with Crippen LogP contribution in [0.2, 0.25) is 5.02 Å². The number of esters is 1. The van der Waals surface area contributed by atoms with Gasteiger partial charge in [0, 0.05) is 24.5 Å². The zero-order valence-corrected chi connectivity index (χ0v) is 11.7. The summed E-state index contributed by atoms with van der Waals surface area (Å²) in [5, 5.41) is 0.602. The molecule has 19 heavy (non-hydrogen) atoms. The number of aryl methyl sites for hydroxylation is 1. The molecule has 1 fully saturated rings. The first kappa shape index (κ1) is 13.9. The van der Waals surface area contributed by atoms with Crippen molar-refractivity contribution in [2.75, 3.05) is 13.1 Å². The van der Waals surface area contributed by atoms with Crippen LogP contribution in [0.25, 0.3) is 0 Å². The van der Waals surface area contributed by atoms with Crippen LogP contribution in [0.5, 0.6) is 5.75 Å².